The topological polar surface area (TPSA) is 82.4 Å². The fourth-order valence-corrected chi connectivity index (χ4v) is 5.64. The van der Waals surface area contributed by atoms with Crippen LogP contribution in [0.25, 0.3) is 0 Å². The molecule has 0 amide bonds. The zero-order valence-corrected chi connectivity index (χ0v) is 16.0. The highest BCUT2D eigenvalue weighted by atomic mass is 32.2. The summed E-state index contributed by atoms with van der Waals surface area (Å²) >= 11 is 0. The number of Topliss-reactive ketones (excluding diaryl/α,β-unsaturated/α-hetero) is 1. The third-order valence-corrected chi connectivity index (χ3v) is 7.06. The minimum atomic E-state index is -3.00. The quantitative estimate of drug-likeness (QED) is 0.446. The molecule has 1 fully saturated rings. The Balaban J connectivity index is 1.67. The number of sulfone groups is 1. The summed E-state index contributed by atoms with van der Waals surface area (Å²) in [5.74, 6) is -0.431. The lowest BCUT2D eigenvalue weighted by atomic mass is 9.95. The van der Waals surface area contributed by atoms with Gasteiger partial charge < -0.3 is 9.30 Å². The molecule has 1 saturated heterocycles. The van der Waals surface area contributed by atoms with Gasteiger partial charge >= 0.3 is 5.97 Å². The maximum Gasteiger partial charge on any atom is 0.309 e. The van der Waals surface area contributed by atoms with Crippen LogP contribution in [0.5, 0.6) is 0 Å². The van der Waals surface area contributed by atoms with E-state index >= 15 is 0 Å². The average molecular weight is 379 g/mol. The van der Waals surface area contributed by atoms with Gasteiger partial charge in [0.25, 0.3) is 0 Å². The highest BCUT2D eigenvalue weighted by Crippen LogP contribution is 2.29. The van der Waals surface area contributed by atoms with Crippen molar-refractivity contribution in [2.75, 3.05) is 18.1 Å². The smallest absolute Gasteiger partial charge is 0.309 e. The van der Waals surface area contributed by atoms with Crippen LogP contribution in [0, 0.1) is 19.8 Å². The Morgan fingerprint density at radius 1 is 1.23 bits per heavy atom. The van der Waals surface area contributed by atoms with E-state index in [1.807, 2.05) is 30.6 Å². The summed E-state index contributed by atoms with van der Waals surface area (Å²) in [6.07, 6.45) is 6.87. The Labute approximate surface area is 154 Å². The summed E-state index contributed by atoms with van der Waals surface area (Å²) in [4.78, 5) is 24.6. The Bertz CT molecular complexity index is 850. The zero-order valence-electron chi connectivity index (χ0n) is 15.2. The highest BCUT2D eigenvalue weighted by Gasteiger charge is 2.32. The van der Waals surface area contributed by atoms with Crippen molar-refractivity contribution in [3.8, 4) is 0 Å². The van der Waals surface area contributed by atoms with Gasteiger partial charge in [0.15, 0.2) is 16.4 Å². The molecule has 1 aliphatic heterocycles. The molecule has 2 aliphatic rings. The van der Waals surface area contributed by atoms with Crippen molar-refractivity contribution in [1.82, 2.24) is 4.57 Å². The molecule has 0 bridgehead atoms. The summed E-state index contributed by atoms with van der Waals surface area (Å²) < 4.78 is 30.7. The number of aryl methyl sites for hydroxylation is 1. The number of allylic oxidation sites excluding steroid dienone is 2. The monoisotopic (exact) mass is 379 g/mol. The van der Waals surface area contributed by atoms with Crippen LogP contribution in [-0.2, 0) is 19.4 Å². The van der Waals surface area contributed by atoms with E-state index in [9.17, 15) is 18.0 Å². The molecule has 3 rings (SSSR count). The molecule has 1 aromatic rings. The molecule has 2 atom stereocenters. The highest BCUT2D eigenvalue weighted by molar-refractivity contribution is 7.91. The SMILES string of the molecule is Cc1cc(C(=O)COC(=O)[C@H]2CC=CCC2)c(C)n1[C@H]1CCS(=O)(=O)C1. The van der Waals surface area contributed by atoms with Gasteiger partial charge in [-0.15, -0.1) is 0 Å². The largest absolute Gasteiger partial charge is 0.457 e. The average Bonchev–Trinajstić information content (AvgIpc) is 3.11. The predicted molar refractivity (Wildman–Crippen MR) is 98.0 cm³/mol. The first-order valence-corrected chi connectivity index (χ1v) is 10.8. The van der Waals surface area contributed by atoms with Crippen molar-refractivity contribution in [1.29, 1.82) is 0 Å². The van der Waals surface area contributed by atoms with Gasteiger partial charge in [0, 0.05) is 23.0 Å². The number of rotatable bonds is 5. The molecule has 142 valence electrons. The van der Waals surface area contributed by atoms with Gasteiger partial charge in [-0.05, 0) is 45.6 Å². The van der Waals surface area contributed by atoms with E-state index in [1.54, 1.807) is 6.07 Å². The first-order valence-electron chi connectivity index (χ1n) is 9.02. The Kier molecular flexibility index (Phi) is 5.37. The van der Waals surface area contributed by atoms with Crippen molar-refractivity contribution >= 4 is 21.6 Å². The van der Waals surface area contributed by atoms with Gasteiger partial charge in [-0.3, -0.25) is 9.59 Å². The molecular weight excluding hydrogens is 354 g/mol. The van der Waals surface area contributed by atoms with Gasteiger partial charge in [0.2, 0.25) is 5.78 Å². The van der Waals surface area contributed by atoms with Crippen LogP contribution in [0.4, 0.5) is 0 Å². The molecule has 1 aromatic heterocycles. The van der Waals surface area contributed by atoms with E-state index in [2.05, 4.69) is 0 Å². The fourth-order valence-electron chi connectivity index (χ4n) is 3.94. The van der Waals surface area contributed by atoms with Crippen LogP contribution < -0.4 is 0 Å². The number of hydrogen-bond acceptors (Lipinski definition) is 5. The molecule has 0 unspecified atom stereocenters. The summed E-state index contributed by atoms with van der Waals surface area (Å²) in [6.45, 7) is 3.42. The standard InChI is InChI=1S/C19H25NO5S/c1-13-10-17(14(2)20(13)16-8-9-26(23,24)12-16)18(21)11-25-19(22)15-6-4-3-5-7-15/h3-4,10,15-16H,5-9,11-12H2,1-2H3/t15-,16-/m0/s1. The molecule has 2 heterocycles. The number of ether oxygens (including phenoxy) is 1. The number of carbonyl (C=O) groups is 2. The zero-order chi connectivity index (χ0) is 18.9. The third kappa shape index (κ3) is 3.92. The summed E-state index contributed by atoms with van der Waals surface area (Å²) in [5.41, 5.74) is 2.10. The molecule has 0 radical (unpaired) electrons. The number of aromatic nitrogens is 1. The Morgan fingerprint density at radius 2 is 2.00 bits per heavy atom. The lowest BCUT2D eigenvalue weighted by molar-refractivity contribution is -0.147. The first kappa shape index (κ1) is 18.9. The van der Waals surface area contributed by atoms with Crippen LogP contribution >= 0.6 is 0 Å². The molecule has 7 heteroatoms. The molecule has 0 saturated carbocycles. The van der Waals surface area contributed by atoms with E-state index in [-0.39, 0.29) is 41.8 Å². The molecule has 0 aromatic carbocycles. The molecule has 0 spiro atoms. The number of hydrogen-bond donors (Lipinski definition) is 0. The van der Waals surface area contributed by atoms with Gasteiger partial charge in [-0.2, -0.15) is 0 Å². The second-order valence-electron chi connectivity index (χ2n) is 7.22. The van der Waals surface area contributed by atoms with Crippen molar-refractivity contribution in [2.45, 2.75) is 45.6 Å². The number of nitrogens with zero attached hydrogens (tertiary/aromatic N) is 1. The first-order chi connectivity index (χ1) is 12.3. The number of ketones is 1. The minimum absolute atomic E-state index is 0.112. The molecular formula is C19H25NO5S. The lowest BCUT2D eigenvalue weighted by Crippen LogP contribution is -2.22. The van der Waals surface area contributed by atoms with E-state index < -0.39 is 9.84 Å². The minimum Gasteiger partial charge on any atom is -0.457 e. The van der Waals surface area contributed by atoms with Gasteiger partial charge in [-0.25, -0.2) is 8.42 Å². The maximum atomic E-state index is 12.5. The molecule has 6 nitrogen and oxygen atoms in total. The van der Waals surface area contributed by atoms with Crippen molar-refractivity contribution in [2.24, 2.45) is 5.92 Å². The van der Waals surface area contributed by atoms with Gasteiger partial charge in [0.05, 0.1) is 17.4 Å². The van der Waals surface area contributed by atoms with Crippen molar-refractivity contribution in [3.63, 3.8) is 0 Å². The fraction of sp³-hybridized carbons (Fsp3) is 0.579. The summed E-state index contributed by atoms with van der Waals surface area (Å²) in [5, 5.41) is 0. The number of esters is 1. The number of carbonyl (C=O) groups excluding carboxylic acids is 2. The van der Waals surface area contributed by atoms with Crippen LogP contribution in [0.15, 0.2) is 18.2 Å². The Morgan fingerprint density at radius 3 is 2.62 bits per heavy atom. The molecule has 1 aliphatic carbocycles. The van der Waals surface area contributed by atoms with Gasteiger partial charge in [0.1, 0.15) is 0 Å². The maximum absolute atomic E-state index is 12.5. The van der Waals surface area contributed by atoms with Gasteiger partial charge in [-0.1, -0.05) is 12.2 Å². The second kappa shape index (κ2) is 7.39. The summed E-state index contributed by atoms with van der Waals surface area (Å²) in [7, 11) is -3.00. The lowest BCUT2D eigenvalue weighted by Gasteiger charge is -2.17. The van der Waals surface area contributed by atoms with Crippen LogP contribution in [-0.4, -0.2) is 42.9 Å². The van der Waals surface area contributed by atoms with Crippen molar-refractivity contribution < 1.29 is 22.7 Å². The second-order valence-corrected chi connectivity index (χ2v) is 9.45. The van der Waals surface area contributed by atoms with Crippen LogP contribution in [0.3, 0.4) is 0 Å². The normalized spacial score (nSPS) is 24.5. The predicted octanol–water partition coefficient (Wildman–Crippen LogP) is 2.55. The van der Waals surface area contributed by atoms with Crippen LogP contribution in [0.1, 0.15) is 53.5 Å². The van der Waals surface area contributed by atoms with E-state index in [0.29, 0.717) is 18.4 Å². The van der Waals surface area contributed by atoms with E-state index in [1.165, 1.54) is 0 Å². The van der Waals surface area contributed by atoms with E-state index in [0.717, 1.165) is 24.2 Å². The Hall–Kier alpha value is -1.89. The molecule has 0 N–H and O–H groups in total. The molecule has 26 heavy (non-hydrogen) atoms. The van der Waals surface area contributed by atoms with E-state index in [4.69, 9.17) is 4.74 Å². The summed E-state index contributed by atoms with van der Waals surface area (Å²) in [6, 6.07) is 1.64. The van der Waals surface area contributed by atoms with Crippen molar-refractivity contribution in [3.05, 3.63) is 35.2 Å². The third-order valence-electron chi connectivity index (χ3n) is 5.31. The van der Waals surface area contributed by atoms with Crippen LogP contribution in [0.2, 0.25) is 0 Å².